The molecule has 0 unspecified atom stereocenters. The van der Waals surface area contributed by atoms with Gasteiger partial charge in [-0.3, -0.25) is 0 Å². The number of fused-ring (bicyclic) bond motifs is 1. The lowest BCUT2D eigenvalue weighted by atomic mass is 10.2. The lowest BCUT2D eigenvalue weighted by Crippen LogP contribution is -1.95. The number of imidazole rings is 1. The van der Waals surface area contributed by atoms with Gasteiger partial charge in [0.05, 0.1) is 5.52 Å². The van der Waals surface area contributed by atoms with Crippen molar-refractivity contribution in [3.05, 3.63) is 23.0 Å². The van der Waals surface area contributed by atoms with Crippen molar-refractivity contribution in [2.45, 2.75) is 11.3 Å². The molecule has 9 heteroatoms. The smallest absolute Gasteiger partial charge is 0.263 e. The lowest BCUT2D eigenvalue weighted by Gasteiger charge is -2.03. The molecule has 1 aromatic heterocycles. The first-order valence-corrected chi connectivity index (χ1v) is 6.90. The van der Waals surface area contributed by atoms with Gasteiger partial charge in [-0.15, -0.1) is 0 Å². The Hall–Kier alpha value is -0.920. The summed E-state index contributed by atoms with van der Waals surface area (Å²) in [6, 6.07) is 1.86. The Morgan fingerprint density at radius 2 is 2.00 bits per heavy atom. The number of aromatic nitrogens is 2. The van der Waals surface area contributed by atoms with E-state index in [-0.39, 0.29) is 16.3 Å². The summed E-state index contributed by atoms with van der Waals surface area (Å²) >= 11 is 5.54. The summed E-state index contributed by atoms with van der Waals surface area (Å²) in [4.78, 5) is 5.65. The zero-order valence-electron chi connectivity index (χ0n) is 7.92. The lowest BCUT2D eigenvalue weighted by molar-refractivity contribution is 0.151. The van der Waals surface area contributed by atoms with Gasteiger partial charge in [-0.2, -0.15) is 0 Å². The van der Waals surface area contributed by atoms with E-state index in [1.807, 2.05) is 0 Å². The number of hydrogen-bond donors (Lipinski definition) is 1. The molecular weight excluding hydrogens is 297 g/mol. The van der Waals surface area contributed by atoms with Crippen molar-refractivity contribution in [3.63, 3.8) is 0 Å². The molecule has 0 fully saturated rings. The van der Waals surface area contributed by atoms with Gasteiger partial charge in [0.25, 0.3) is 15.5 Å². The molecule has 0 saturated heterocycles. The van der Waals surface area contributed by atoms with Gasteiger partial charge < -0.3 is 4.98 Å². The van der Waals surface area contributed by atoms with Gasteiger partial charge in [-0.25, -0.2) is 22.2 Å². The highest BCUT2D eigenvalue weighted by Crippen LogP contribution is 2.31. The minimum atomic E-state index is -4.17. The fourth-order valence-electron chi connectivity index (χ4n) is 1.39. The molecule has 92 valence electrons. The molecule has 4 nitrogen and oxygen atoms in total. The maximum absolute atomic E-state index is 12.6. The summed E-state index contributed by atoms with van der Waals surface area (Å²) in [6.07, 6.45) is -2.82. The normalized spacial score (nSPS) is 12.5. The predicted octanol–water partition coefficient (Wildman–Crippen LogP) is 3.08. The van der Waals surface area contributed by atoms with Gasteiger partial charge >= 0.3 is 0 Å². The predicted molar refractivity (Wildman–Crippen MR) is 59.1 cm³/mol. The highest BCUT2D eigenvalue weighted by molar-refractivity contribution is 8.14. The van der Waals surface area contributed by atoms with Crippen LogP contribution in [-0.4, -0.2) is 18.4 Å². The summed E-state index contributed by atoms with van der Waals surface area (Å²) in [6.45, 7) is 0. The second-order valence-corrected chi connectivity index (χ2v) is 6.07. The molecule has 17 heavy (non-hydrogen) atoms. The number of aromatic amines is 1. The van der Waals surface area contributed by atoms with Crippen molar-refractivity contribution in [1.82, 2.24) is 9.97 Å². The molecule has 1 N–H and O–H groups in total. The van der Waals surface area contributed by atoms with E-state index in [2.05, 4.69) is 9.97 Å². The Balaban J connectivity index is 2.87. The number of benzene rings is 1. The van der Waals surface area contributed by atoms with Gasteiger partial charge in [0.2, 0.25) is 5.28 Å². The topological polar surface area (TPSA) is 62.8 Å². The first-order chi connectivity index (χ1) is 7.79. The molecule has 2 aromatic rings. The van der Waals surface area contributed by atoms with E-state index in [0.717, 1.165) is 12.1 Å². The summed E-state index contributed by atoms with van der Waals surface area (Å²) in [7, 11) is 0.979. The van der Waals surface area contributed by atoms with Crippen LogP contribution >= 0.6 is 22.3 Å². The van der Waals surface area contributed by atoms with Crippen molar-refractivity contribution >= 4 is 42.4 Å². The van der Waals surface area contributed by atoms with Crippen LogP contribution in [-0.2, 0) is 9.05 Å². The average Bonchev–Trinajstić information content (AvgIpc) is 2.54. The van der Waals surface area contributed by atoms with Crippen LogP contribution in [0.3, 0.4) is 0 Å². The quantitative estimate of drug-likeness (QED) is 0.867. The molecule has 1 aromatic carbocycles. The van der Waals surface area contributed by atoms with Crippen LogP contribution in [0.25, 0.3) is 11.0 Å². The summed E-state index contributed by atoms with van der Waals surface area (Å²) in [5, 5.41) is -0.104. The zero-order valence-corrected chi connectivity index (χ0v) is 10.2. The van der Waals surface area contributed by atoms with Crippen molar-refractivity contribution in [1.29, 1.82) is 0 Å². The Morgan fingerprint density at radius 1 is 1.35 bits per heavy atom. The summed E-state index contributed by atoms with van der Waals surface area (Å²) in [5.41, 5.74) is -0.446. The Bertz CT molecular complexity index is 684. The molecule has 2 rings (SSSR count). The molecule has 0 aliphatic rings. The van der Waals surface area contributed by atoms with Crippen LogP contribution < -0.4 is 0 Å². The van der Waals surface area contributed by atoms with Crippen LogP contribution in [0.5, 0.6) is 0 Å². The first-order valence-electron chi connectivity index (χ1n) is 4.21. The third-order valence-corrected chi connectivity index (χ3v) is 3.57. The van der Waals surface area contributed by atoms with Crippen molar-refractivity contribution in [2.24, 2.45) is 0 Å². The molecule has 0 radical (unpaired) electrons. The zero-order chi connectivity index (χ0) is 12.8. The molecule has 0 atom stereocenters. The van der Waals surface area contributed by atoms with E-state index in [4.69, 9.17) is 22.3 Å². The monoisotopic (exact) mass is 300 g/mol. The molecule has 0 spiro atoms. The van der Waals surface area contributed by atoms with Crippen molar-refractivity contribution in [2.75, 3.05) is 0 Å². The van der Waals surface area contributed by atoms with Gasteiger partial charge in [0.1, 0.15) is 10.4 Å². The van der Waals surface area contributed by atoms with Gasteiger partial charge in [-0.1, -0.05) is 0 Å². The van der Waals surface area contributed by atoms with E-state index >= 15 is 0 Å². The van der Waals surface area contributed by atoms with E-state index < -0.39 is 25.9 Å². The van der Waals surface area contributed by atoms with Gasteiger partial charge in [0.15, 0.2) is 0 Å². The van der Waals surface area contributed by atoms with Crippen molar-refractivity contribution < 1.29 is 17.2 Å². The van der Waals surface area contributed by atoms with Crippen LogP contribution in [0.1, 0.15) is 12.0 Å². The average molecular weight is 301 g/mol. The van der Waals surface area contributed by atoms with Crippen LogP contribution in [0.2, 0.25) is 5.28 Å². The maximum Gasteiger partial charge on any atom is 0.263 e. The van der Waals surface area contributed by atoms with E-state index in [9.17, 15) is 17.2 Å². The highest BCUT2D eigenvalue weighted by atomic mass is 35.7. The number of hydrogen-bond acceptors (Lipinski definition) is 3. The van der Waals surface area contributed by atoms with Crippen molar-refractivity contribution in [3.8, 4) is 0 Å². The molecular formula is C8H4Cl2F2N2O2S. The maximum atomic E-state index is 12.6. The fourth-order valence-corrected chi connectivity index (χ4v) is 2.59. The summed E-state index contributed by atoms with van der Waals surface area (Å²) < 4.78 is 47.6. The minimum Gasteiger partial charge on any atom is -0.329 e. The Kier molecular flexibility index (Phi) is 3.01. The van der Waals surface area contributed by atoms with Gasteiger partial charge in [0, 0.05) is 16.2 Å². The Morgan fingerprint density at radius 3 is 2.53 bits per heavy atom. The highest BCUT2D eigenvalue weighted by Gasteiger charge is 2.21. The van der Waals surface area contributed by atoms with Gasteiger partial charge in [-0.05, 0) is 23.7 Å². The summed E-state index contributed by atoms with van der Waals surface area (Å²) in [5.74, 6) is 0. The van der Waals surface area contributed by atoms with E-state index in [1.54, 1.807) is 0 Å². The third-order valence-electron chi connectivity index (χ3n) is 2.06. The SMILES string of the molecule is O=S(=O)(Cl)c1cc(C(F)F)cc2[nH]c(Cl)nc12. The molecule has 0 aliphatic heterocycles. The largest absolute Gasteiger partial charge is 0.329 e. The van der Waals surface area contributed by atoms with E-state index in [1.165, 1.54) is 0 Å². The second kappa shape index (κ2) is 4.08. The molecule has 1 heterocycles. The minimum absolute atomic E-state index is 0.0607. The molecule has 0 amide bonds. The Labute approximate surface area is 104 Å². The fraction of sp³-hybridized carbons (Fsp3) is 0.125. The molecule has 0 saturated carbocycles. The van der Waals surface area contributed by atoms with Crippen LogP contribution in [0.4, 0.5) is 8.78 Å². The number of alkyl halides is 2. The van der Waals surface area contributed by atoms with E-state index in [0.29, 0.717) is 0 Å². The molecule has 0 bridgehead atoms. The molecule has 0 aliphatic carbocycles. The first kappa shape index (κ1) is 12.5. The number of halogens is 4. The van der Waals surface area contributed by atoms with Crippen LogP contribution in [0, 0.1) is 0 Å². The number of nitrogens with zero attached hydrogens (tertiary/aromatic N) is 1. The number of nitrogens with one attached hydrogen (secondary N) is 1. The third kappa shape index (κ3) is 2.36. The van der Waals surface area contributed by atoms with Crippen LogP contribution in [0.15, 0.2) is 17.0 Å². The standard InChI is InChI=1S/C8H4Cl2F2N2O2S/c9-8-13-4-1-3(7(11)12)2-5(6(4)14-8)17(10,15)16/h1-2,7H,(H,13,14). The number of H-pyrrole nitrogens is 1. The number of rotatable bonds is 2. The second-order valence-electron chi connectivity index (χ2n) is 3.18.